The van der Waals surface area contributed by atoms with Crippen LogP contribution in [-0.2, 0) is 0 Å². The highest BCUT2D eigenvalue weighted by atomic mass is 79.9. The molecule has 0 aromatic carbocycles. The minimum atomic E-state index is 0.575. The van der Waals surface area contributed by atoms with Crippen molar-refractivity contribution in [3.8, 4) is 12.3 Å². The van der Waals surface area contributed by atoms with Crippen LogP contribution in [0, 0.1) is 18.3 Å². The fourth-order valence-electron chi connectivity index (χ4n) is 1.49. The summed E-state index contributed by atoms with van der Waals surface area (Å²) in [5.41, 5.74) is 1.47. The zero-order valence-corrected chi connectivity index (χ0v) is 9.83. The van der Waals surface area contributed by atoms with Gasteiger partial charge in [-0.1, -0.05) is 51.9 Å². The highest BCUT2D eigenvalue weighted by Crippen LogP contribution is 2.21. The molecule has 0 aromatic heterocycles. The molecular formula is C13H15Br. The third kappa shape index (κ3) is 3.98. The topological polar surface area (TPSA) is 0 Å². The lowest BCUT2D eigenvalue weighted by atomic mass is 9.96. The van der Waals surface area contributed by atoms with Crippen LogP contribution in [0.1, 0.15) is 19.3 Å². The van der Waals surface area contributed by atoms with Crippen LogP contribution in [0.25, 0.3) is 0 Å². The lowest BCUT2D eigenvalue weighted by Gasteiger charge is -2.12. The van der Waals surface area contributed by atoms with Gasteiger partial charge in [-0.05, 0) is 18.8 Å². The maximum atomic E-state index is 5.32. The Bertz CT molecular complexity index is 289. The highest BCUT2D eigenvalue weighted by molar-refractivity contribution is 9.09. The molecule has 1 unspecified atom stereocenters. The molecule has 0 bridgehead atoms. The van der Waals surface area contributed by atoms with Gasteiger partial charge in [0.05, 0.1) is 0 Å². The van der Waals surface area contributed by atoms with Gasteiger partial charge in [0.2, 0.25) is 0 Å². The highest BCUT2D eigenvalue weighted by Gasteiger charge is 2.08. The zero-order valence-electron chi connectivity index (χ0n) is 8.25. The smallest absolute Gasteiger partial charge is 0.0125 e. The van der Waals surface area contributed by atoms with E-state index >= 15 is 0 Å². The van der Waals surface area contributed by atoms with Crippen LogP contribution >= 0.6 is 15.9 Å². The number of hydrogen-bond acceptors (Lipinski definition) is 0. The van der Waals surface area contributed by atoms with E-state index in [0.717, 1.165) is 24.6 Å². The molecule has 0 aliphatic heterocycles. The lowest BCUT2D eigenvalue weighted by molar-refractivity contribution is 0.604. The van der Waals surface area contributed by atoms with Gasteiger partial charge in [-0.25, -0.2) is 0 Å². The van der Waals surface area contributed by atoms with Gasteiger partial charge < -0.3 is 0 Å². The van der Waals surface area contributed by atoms with Crippen molar-refractivity contribution in [2.75, 3.05) is 5.33 Å². The Kier molecular flexibility index (Phi) is 5.40. The molecule has 1 aliphatic rings. The minimum Gasteiger partial charge on any atom is -0.120 e. The molecule has 1 heteroatoms. The third-order valence-electron chi connectivity index (χ3n) is 2.25. The maximum absolute atomic E-state index is 5.32. The molecule has 0 fully saturated rings. The van der Waals surface area contributed by atoms with Crippen LogP contribution in [0.3, 0.4) is 0 Å². The van der Waals surface area contributed by atoms with E-state index in [0.29, 0.717) is 5.92 Å². The molecule has 0 radical (unpaired) electrons. The Morgan fingerprint density at radius 1 is 1.43 bits per heavy atom. The van der Waals surface area contributed by atoms with Crippen LogP contribution < -0.4 is 0 Å². The summed E-state index contributed by atoms with van der Waals surface area (Å²) < 4.78 is 0. The summed E-state index contributed by atoms with van der Waals surface area (Å²) in [6.45, 7) is 0. The van der Waals surface area contributed by atoms with Crippen molar-refractivity contribution in [2.24, 2.45) is 5.92 Å². The molecule has 0 saturated heterocycles. The summed E-state index contributed by atoms with van der Waals surface area (Å²) in [6.07, 6.45) is 19.0. The third-order valence-corrected chi connectivity index (χ3v) is 3.16. The van der Waals surface area contributed by atoms with Crippen LogP contribution in [0.5, 0.6) is 0 Å². The van der Waals surface area contributed by atoms with E-state index in [1.54, 1.807) is 0 Å². The lowest BCUT2D eigenvalue weighted by Crippen LogP contribution is -2.02. The monoisotopic (exact) mass is 250 g/mol. The summed E-state index contributed by atoms with van der Waals surface area (Å²) in [5, 5.41) is 0.988. The van der Waals surface area contributed by atoms with Gasteiger partial charge in [-0.15, -0.1) is 12.3 Å². The molecule has 14 heavy (non-hydrogen) atoms. The van der Waals surface area contributed by atoms with Gasteiger partial charge in [-0.3, -0.25) is 0 Å². The Balaban J connectivity index is 2.50. The Hall–Kier alpha value is -0.740. The second-order valence-electron chi connectivity index (χ2n) is 3.47. The molecule has 1 rings (SSSR count). The van der Waals surface area contributed by atoms with Crippen molar-refractivity contribution >= 4 is 15.9 Å². The van der Waals surface area contributed by atoms with Crippen molar-refractivity contribution in [3.63, 3.8) is 0 Å². The van der Waals surface area contributed by atoms with E-state index in [9.17, 15) is 0 Å². The second kappa shape index (κ2) is 6.68. The van der Waals surface area contributed by atoms with E-state index in [-0.39, 0.29) is 0 Å². The maximum Gasteiger partial charge on any atom is 0.0125 e. The fraction of sp³-hybridized carbons (Fsp3) is 0.385. The molecule has 1 aliphatic carbocycles. The van der Waals surface area contributed by atoms with Gasteiger partial charge in [0, 0.05) is 11.8 Å². The van der Waals surface area contributed by atoms with Crippen molar-refractivity contribution in [1.29, 1.82) is 0 Å². The Labute approximate surface area is 94.9 Å². The van der Waals surface area contributed by atoms with E-state index in [1.165, 1.54) is 5.57 Å². The van der Waals surface area contributed by atoms with Crippen LogP contribution in [-0.4, -0.2) is 5.33 Å². The van der Waals surface area contributed by atoms with Gasteiger partial charge in [-0.2, -0.15) is 0 Å². The molecule has 0 amide bonds. The number of hydrogen-bond donors (Lipinski definition) is 0. The number of terminal acetylenes is 1. The first kappa shape index (κ1) is 11.3. The summed E-state index contributed by atoms with van der Waals surface area (Å²) in [7, 11) is 0. The Morgan fingerprint density at radius 2 is 2.29 bits per heavy atom. The van der Waals surface area contributed by atoms with Crippen molar-refractivity contribution in [3.05, 3.63) is 36.0 Å². The number of alkyl halides is 1. The van der Waals surface area contributed by atoms with E-state index in [2.05, 4.69) is 52.2 Å². The molecular weight excluding hydrogens is 236 g/mol. The van der Waals surface area contributed by atoms with E-state index in [4.69, 9.17) is 6.42 Å². The SMILES string of the molecule is C#CCC(CBr)CC1=CC=CC=CC1. The average molecular weight is 251 g/mol. The van der Waals surface area contributed by atoms with Gasteiger partial charge >= 0.3 is 0 Å². The van der Waals surface area contributed by atoms with Crippen LogP contribution in [0.2, 0.25) is 0 Å². The first-order valence-corrected chi connectivity index (χ1v) is 5.99. The molecule has 0 N–H and O–H groups in total. The first-order valence-electron chi connectivity index (χ1n) is 4.87. The summed E-state index contributed by atoms with van der Waals surface area (Å²) in [5.74, 6) is 3.31. The van der Waals surface area contributed by atoms with Gasteiger partial charge in [0.1, 0.15) is 0 Å². The average Bonchev–Trinajstić information content (AvgIpc) is 2.45. The minimum absolute atomic E-state index is 0.575. The molecule has 0 aromatic rings. The largest absolute Gasteiger partial charge is 0.120 e. The van der Waals surface area contributed by atoms with Gasteiger partial charge in [0.15, 0.2) is 0 Å². The zero-order chi connectivity index (χ0) is 10.2. The fourth-order valence-corrected chi connectivity index (χ4v) is 1.95. The predicted molar refractivity (Wildman–Crippen MR) is 66.3 cm³/mol. The predicted octanol–water partition coefficient (Wildman–Crippen LogP) is 3.85. The quantitative estimate of drug-likeness (QED) is 0.525. The van der Waals surface area contributed by atoms with Crippen LogP contribution in [0.4, 0.5) is 0 Å². The molecule has 1 atom stereocenters. The van der Waals surface area contributed by atoms with E-state index in [1.807, 2.05) is 0 Å². The molecule has 0 saturated carbocycles. The van der Waals surface area contributed by atoms with Crippen molar-refractivity contribution in [2.45, 2.75) is 19.3 Å². The summed E-state index contributed by atoms with van der Waals surface area (Å²) >= 11 is 3.50. The van der Waals surface area contributed by atoms with E-state index < -0.39 is 0 Å². The Morgan fingerprint density at radius 3 is 3.00 bits per heavy atom. The number of halogens is 1. The van der Waals surface area contributed by atoms with Gasteiger partial charge in [0.25, 0.3) is 0 Å². The molecule has 0 heterocycles. The molecule has 74 valence electrons. The second-order valence-corrected chi connectivity index (χ2v) is 4.12. The summed E-state index contributed by atoms with van der Waals surface area (Å²) in [6, 6.07) is 0. The van der Waals surface area contributed by atoms with Crippen LogP contribution in [0.15, 0.2) is 36.0 Å². The number of allylic oxidation sites excluding steroid dienone is 6. The molecule has 0 nitrogen and oxygen atoms in total. The normalized spacial score (nSPS) is 17.0. The first-order chi connectivity index (χ1) is 6.86. The summed E-state index contributed by atoms with van der Waals surface area (Å²) in [4.78, 5) is 0. The molecule has 0 spiro atoms. The van der Waals surface area contributed by atoms with Crippen molar-refractivity contribution < 1.29 is 0 Å². The number of rotatable bonds is 4. The standard InChI is InChI=1S/C13H15Br/c1-2-7-13(11-14)10-12-8-5-3-4-6-9-12/h1,3-6,8,13H,7,9-11H2. The van der Waals surface area contributed by atoms with Crippen molar-refractivity contribution in [1.82, 2.24) is 0 Å².